The van der Waals surface area contributed by atoms with E-state index in [1.165, 1.54) is 18.1 Å². The quantitative estimate of drug-likeness (QED) is 0.181. The summed E-state index contributed by atoms with van der Waals surface area (Å²) in [5.74, 6) is -0.851. The van der Waals surface area contributed by atoms with Gasteiger partial charge in [-0.2, -0.15) is 18.3 Å². The first-order valence-electron chi connectivity index (χ1n) is 20.5. The lowest BCUT2D eigenvalue weighted by atomic mass is 9.66. The number of alkyl halides is 3. The van der Waals surface area contributed by atoms with Gasteiger partial charge in [0.25, 0.3) is 11.8 Å². The van der Waals surface area contributed by atoms with Crippen LogP contribution in [0.4, 0.5) is 29.3 Å². The zero-order valence-corrected chi connectivity index (χ0v) is 34.3. The molecule has 17 heteroatoms. The summed E-state index contributed by atoms with van der Waals surface area (Å²) in [5, 5.41) is 10.9. The second-order valence-electron chi connectivity index (χ2n) is 16.7. The van der Waals surface area contributed by atoms with E-state index in [2.05, 4.69) is 27.6 Å². The van der Waals surface area contributed by atoms with Crippen molar-refractivity contribution in [1.29, 1.82) is 0 Å². The molecule has 4 fully saturated rings. The number of halogens is 4. The van der Waals surface area contributed by atoms with Crippen LogP contribution in [-0.2, 0) is 11.0 Å². The van der Waals surface area contributed by atoms with Gasteiger partial charge in [0.15, 0.2) is 0 Å². The Hall–Kier alpha value is -5.22. The molecule has 1 spiro atoms. The number of anilines is 2. The zero-order chi connectivity index (χ0) is 42.3. The molecule has 2 saturated heterocycles. The van der Waals surface area contributed by atoms with Gasteiger partial charge in [-0.3, -0.25) is 29.3 Å². The number of amides is 5. The summed E-state index contributed by atoms with van der Waals surface area (Å²) in [4.78, 5) is 60.1. The minimum absolute atomic E-state index is 0.0771. The molecular weight excluding hydrogens is 801 g/mol. The second-order valence-corrected chi connectivity index (χ2v) is 17.1. The maximum absolute atomic E-state index is 13.6. The van der Waals surface area contributed by atoms with Crippen LogP contribution in [0.25, 0.3) is 10.9 Å². The molecule has 4 heterocycles. The number of pyridine rings is 1. The van der Waals surface area contributed by atoms with Gasteiger partial charge in [-0.25, -0.2) is 9.78 Å². The van der Waals surface area contributed by atoms with E-state index < -0.39 is 23.8 Å². The van der Waals surface area contributed by atoms with E-state index in [-0.39, 0.29) is 41.9 Å². The average molecular weight is 849 g/mol. The van der Waals surface area contributed by atoms with Crippen molar-refractivity contribution in [1.82, 2.24) is 29.9 Å². The van der Waals surface area contributed by atoms with E-state index in [1.807, 2.05) is 15.8 Å². The fourth-order valence-corrected chi connectivity index (χ4v) is 9.81. The smallest absolute Gasteiger partial charge is 0.433 e. The standard InChI is InChI=1S/C43H48ClF3N8O5/c1-52(29-12-15-42(16-13-29)17-20-53(21-18-42)40(58)26-6-11-31(44)35(23-26)54-19-14-38(56)50-41(54)59)28-7-9-30(10-8-28)55-25-27-22-34(36(60-2)24-33(27)51-55)49-39(57)32-4-3-5-37(48-32)43(45,46)47/h3-6,11,22-25,28-30H,7-10,12-21H2,1-2H3,(H,49,57)(H,50,56,59). The lowest BCUT2D eigenvalue weighted by molar-refractivity contribution is -0.141. The molecule has 2 saturated carbocycles. The predicted molar refractivity (Wildman–Crippen MR) is 219 cm³/mol. The fraction of sp³-hybridized carbons (Fsp3) is 0.488. The van der Waals surface area contributed by atoms with Crippen LogP contribution < -0.4 is 20.3 Å². The van der Waals surface area contributed by atoms with Gasteiger partial charge in [0.2, 0.25) is 5.91 Å². The van der Waals surface area contributed by atoms with Crippen molar-refractivity contribution in [3.63, 3.8) is 0 Å². The Morgan fingerprint density at radius 2 is 1.67 bits per heavy atom. The number of hydrogen-bond donors (Lipinski definition) is 2. The molecule has 0 atom stereocenters. The zero-order valence-electron chi connectivity index (χ0n) is 33.6. The number of nitrogens with zero attached hydrogens (tertiary/aromatic N) is 6. The van der Waals surface area contributed by atoms with Gasteiger partial charge in [0, 0.05) is 61.4 Å². The minimum atomic E-state index is -4.67. The molecule has 4 aromatic rings. The van der Waals surface area contributed by atoms with Gasteiger partial charge in [-0.05, 0) is 113 Å². The molecule has 2 aliphatic carbocycles. The van der Waals surface area contributed by atoms with Gasteiger partial charge in [-0.15, -0.1) is 0 Å². The highest BCUT2D eigenvalue weighted by molar-refractivity contribution is 6.34. The molecule has 0 radical (unpaired) electrons. The summed E-state index contributed by atoms with van der Waals surface area (Å²) in [6.07, 6.45) is 7.90. The van der Waals surface area contributed by atoms with E-state index in [0.717, 1.165) is 81.7 Å². The van der Waals surface area contributed by atoms with Gasteiger partial charge >= 0.3 is 12.2 Å². The number of likely N-dealkylation sites (tertiary alicyclic amines) is 1. The highest BCUT2D eigenvalue weighted by Gasteiger charge is 2.41. The van der Waals surface area contributed by atoms with Crippen LogP contribution in [0.5, 0.6) is 5.75 Å². The molecule has 5 amide bonds. The molecule has 0 bridgehead atoms. The molecule has 2 aliphatic heterocycles. The van der Waals surface area contributed by atoms with Crippen molar-refractivity contribution in [2.24, 2.45) is 5.41 Å². The Kier molecular flexibility index (Phi) is 11.5. The first kappa shape index (κ1) is 41.5. The number of aromatic nitrogens is 3. The third-order valence-corrected chi connectivity index (χ3v) is 13.5. The lowest BCUT2D eigenvalue weighted by Gasteiger charge is -2.49. The highest BCUT2D eigenvalue weighted by atomic mass is 35.5. The van der Waals surface area contributed by atoms with Gasteiger partial charge < -0.3 is 19.9 Å². The molecule has 318 valence electrons. The van der Waals surface area contributed by atoms with Crippen LogP contribution in [0.3, 0.4) is 0 Å². The average Bonchev–Trinajstić information content (AvgIpc) is 3.66. The van der Waals surface area contributed by atoms with Crippen molar-refractivity contribution in [3.05, 3.63) is 76.7 Å². The number of methoxy groups -OCH3 is 1. The molecule has 2 aromatic heterocycles. The number of ether oxygens (including phenoxy) is 1. The number of carbonyl (C=O) groups excluding carboxylic acids is 4. The number of hydrogen-bond acceptors (Lipinski definition) is 8. The summed E-state index contributed by atoms with van der Waals surface area (Å²) in [6.45, 7) is 1.57. The maximum Gasteiger partial charge on any atom is 0.433 e. The number of benzene rings is 2. The lowest BCUT2D eigenvalue weighted by Crippen LogP contribution is -2.50. The SMILES string of the molecule is COc1cc2nn(C3CCC(N(C)C4CCC5(CC4)CCN(C(=O)c4ccc(Cl)c(N6CCC(=O)NC6=O)c4)CC5)CC3)cc2cc1NC(=O)c1cccc(C(F)(F)F)n1. The summed E-state index contributed by atoms with van der Waals surface area (Å²) in [7, 11) is 3.72. The second kappa shape index (κ2) is 16.7. The Bertz CT molecular complexity index is 2290. The van der Waals surface area contributed by atoms with Crippen molar-refractivity contribution in [3.8, 4) is 5.75 Å². The Morgan fingerprint density at radius 1 is 0.950 bits per heavy atom. The van der Waals surface area contributed by atoms with Crippen LogP contribution in [0, 0.1) is 5.41 Å². The van der Waals surface area contributed by atoms with E-state index in [0.29, 0.717) is 58.4 Å². The Labute approximate surface area is 350 Å². The monoisotopic (exact) mass is 848 g/mol. The number of rotatable bonds is 8. The van der Waals surface area contributed by atoms with Crippen LogP contribution in [0.1, 0.15) is 103 Å². The number of carbonyl (C=O) groups is 4. The minimum Gasteiger partial charge on any atom is -0.494 e. The van der Waals surface area contributed by atoms with Crippen molar-refractivity contribution in [2.45, 2.75) is 94.9 Å². The molecule has 13 nitrogen and oxygen atoms in total. The first-order chi connectivity index (χ1) is 28.7. The van der Waals surface area contributed by atoms with Crippen LogP contribution in [0.2, 0.25) is 5.02 Å². The number of urea groups is 1. The van der Waals surface area contributed by atoms with E-state index in [4.69, 9.17) is 21.4 Å². The number of piperidine rings is 1. The van der Waals surface area contributed by atoms with E-state index >= 15 is 0 Å². The van der Waals surface area contributed by atoms with Gasteiger partial charge in [-0.1, -0.05) is 17.7 Å². The largest absolute Gasteiger partial charge is 0.494 e. The van der Waals surface area contributed by atoms with Crippen molar-refractivity contribution < 1.29 is 37.1 Å². The summed E-state index contributed by atoms with van der Waals surface area (Å²) >= 11 is 6.42. The fourth-order valence-electron chi connectivity index (χ4n) is 9.59. The van der Waals surface area contributed by atoms with Gasteiger partial charge in [0.05, 0.1) is 35.1 Å². The van der Waals surface area contributed by atoms with Crippen molar-refractivity contribution in [2.75, 3.05) is 44.0 Å². The molecule has 2 N–H and O–H groups in total. The Morgan fingerprint density at radius 3 is 2.35 bits per heavy atom. The third kappa shape index (κ3) is 8.53. The topological polar surface area (TPSA) is 142 Å². The number of fused-ring (bicyclic) bond motifs is 1. The normalized spacial score (nSPS) is 21.4. The summed E-state index contributed by atoms with van der Waals surface area (Å²) in [5.41, 5.74) is 0.636. The summed E-state index contributed by atoms with van der Waals surface area (Å²) in [6, 6.07) is 12.3. The number of nitrogens with one attached hydrogen (secondary N) is 2. The molecule has 2 aromatic carbocycles. The third-order valence-electron chi connectivity index (χ3n) is 13.2. The maximum atomic E-state index is 13.6. The predicted octanol–water partition coefficient (Wildman–Crippen LogP) is 8.09. The van der Waals surface area contributed by atoms with Crippen molar-refractivity contribution >= 4 is 57.6 Å². The van der Waals surface area contributed by atoms with E-state index in [9.17, 15) is 32.3 Å². The highest BCUT2D eigenvalue weighted by Crippen LogP contribution is 2.47. The van der Waals surface area contributed by atoms with Crippen LogP contribution >= 0.6 is 11.6 Å². The van der Waals surface area contributed by atoms with Gasteiger partial charge in [0.1, 0.15) is 17.1 Å². The first-order valence-corrected chi connectivity index (χ1v) is 20.9. The Balaban J connectivity index is 0.824. The van der Waals surface area contributed by atoms with E-state index in [1.54, 1.807) is 30.3 Å². The van der Waals surface area contributed by atoms with Crippen LogP contribution in [0.15, 0.2) is 54.7 Å². The molecule has 60 heavy (non-hydrogen) atoms. The molecule has 0 unspecified atom stereocenters. The number of imide groups is 1. The molecule has 8 rings (SSSR count). The molecule has 4 aliphatic rings. The van der Waals surface area contributed by atoms with Crippen LogP contribution in [-0.4, -0.2) is 94.2 Å². The summed E-state index contributed by atoms with van der Waals surface area (Å²) < 4.78 is 47.1. The molecular formula is C43H48ClF3N8O5.